The van der Waals surface area contributed by atoms with E-state index in [0.29, 0.717) is 18.1 Å². The van der Waals surface area contributed by atoms with Gasteiger partial charge in [0, 0.05) is 13.0 Å². The highest BCUT2D eigenvalue weighted by Gasteiger charge is 2.19. The van der Waals surface area contributed by atoms with Crippen molar-refractivity contribution in [1.82, 2.24) is 4.90 Å². The number of nitrogens with zero attached hydrogens (tertiary/aromatic N) is 1. The first-order valence-corrected chi connectivity index (χ1v) is 5.79. The standard InChI is InChI=1S/C12H25NO/c1-6-8-13(9-10(3)4)11(5)12(14)7-2/h10-11H,6-9H2,1-5H3/t11-/m1/s1. The fourth-order valence-electron chi connectivity index (χ4n) is 1.70. The number of rotatable bonds is 7. The molecule has 0 bridgehead atoms. The lowest BCUT2D eigenvalue weighted by Crippen LogP contribution is -2.41. The van der Waals surface area contributed by atoms with Crippen LogP contribution >= 0.6 is 0 Å². The summed E-state index contributed by atoms with van der Waals surface area (Å²) in [5, 5.41) is 0. The number of ketones is 1. The maximum atomic E-state index is 11.6. The monoisotopic (exact) mass is 199 g/mol. The molecule has 0 saturated carbocycles. The van der Waals surface area contributed by atoms with Gasteiger partial charge in [0.15, 0.2) is 0 Å². The van der Waals surface area contributed by atoms with Gasteiger partial charge < -0.3 is 0 Å². The van der Waals surface area contributed by atoms with Crippen molar-refractivity contribution in [1.29, 1.82) is 0 Å². The molecule has 0 rings (SSSR count). The van der Waals surface area contributed by atoms with Crippen molar-refractivity contribution in [3.8, 4) is 0 Å². The Labute approximate surface area is 88.7 Å². The quantitative estimate of drug-likeness (QED) is 0.628. The van der Waals surface area contributed by atoms with E-state index < -0.39 is 0 Å². The number of hydrogen-bond donors (Lipinski definition) is 0. The largest absolute Gasteiger partial charge is 0.298 e. The zero-order chi connectivity index (χ0) is 11.1. The molecule has 14 heavy (non-hydrogen) atoms. The second kappa shape index (κ2) is 6.99. The summed E-state index contributed by atoms with van der Waals surface area (Å²) in [6.07, 6.45) is 1.77. The fourth-order valence-corrected chi connectivity index (χ4v) is 1.70. The van der Waals surface area contributed by atoms with Crippen LogP contribution in [0.15, 0.2) is 0 Å². The topological polar surface area (TPSA) is 20.3 Å². The zero-order valence-corrected chi connectivity index (χ0v) is 10.3. The summed E-state index contributed by atoms with van der Waals surface area (Å²) >= 11 is 0. The Bertz CT molecular complexity index is 166. The van der Waals surface area contributed by atoms with Crippen LogP contribution in [0.3, 0.4) is 0 Å². The fraction of sp³-hybridized carbons (Fsp3) is 0.917. The molecule has 0 N–H and O–H groups in total. The molecule has 0 fully saturated rings. The van der Waals surface area contributed by atoms with Gasteiger partial charge in [0.05, 0.1) is 6.04 Å². The Morgan fingerprint density at radius 3 is 2.14 bits per heavy atom. The van der Waals surface area contributed by atoms with Gasteiger partial charge in [-0.05, 0) is 25.8 Å². The average Bonchev–Trinajstić information content (AvgIpc) is 2.14. The van der Waals surface area contributed by atoms with Crippen molar-refractivity contribution < 1.29 is 4.79 Å². The van der Waals surface area contributed by atoms with Gasteiger partial charge >= 0.3 is 0 Å². The van der Waals surface area contributed by atoms with E-state index in [1.54, 1.807) is 0 Å². The van der Waals surface area contributed by atoms with E-state index in [1.807, 2.05) is 13.8 Å². The van der Waals surface area contributed by atoms with Crippen LogP contribution in [0.5, 0.6) is 0 Å². The van der Waals surface area contributed by atoms with Crippen LogP contribution in [0.2, 0.25) is 0 Å². The lowest BCUT2D eigenvalue weighted by molar-refractivity contribution is -0.123. The van der Waals surface area contributed by atoms with Gasteiger partial charge in [-0.2, -0.15) is 0 Å². The van der Waals surface area contributed by atoms with E-state index in [0.717, 1.165) is 19.5 Å². The minimum atomic E-state index is 0.0994. The summed E-state index contributed by atoms with van der Waals surface area (Å²) in [7, 11) is 0. The first-order chi connectivity index (χ1) is 6.52. The van der Waals surface area contributed by atoms with Crippen molar-refractivity contribution >= 4 is 5.78 Å². The minimum absolute atomic E-state index is 0.0994. The van der Waals surface area contributed by atoms with Gasteiger partial charge in [0.1, 0.15) is 5.78 Å². The summed E-state index contributed by atoms with van der Waals surface area (Å²) in [4.78, 5) is 13.9. The van der Waals surface area contributed by atoms with Crippen molar-refractivity contribution in [3.63, 3.8) is 0 Å². The molecule has 2 nitrogen and oxygen atoms in total. The van der Waals surface area contributed by atoms with Crippen molar-refractivity contribution in [2.24, 2.45) is 5.92 Å². The third kappa shape index (κ3) is 4.75. The molecular formula is C12H25NO. The highest BCUT2D eigenvalue weighted by molar-refractivity contribution is 5.83. The number of carbonyl (C=O) groups is 1. The molecule has 0 aromatic heterocycles. The summed E-state index contributed by atoms with van der Waals surface area (Å²) in [5.74, 6) is 0.993. The van der Waals surface area contributed by atoms with Crippen LogP contribution in [0.1, 0.15) is 47.5 Å². The third-order valence-electron chi connectivity index (χ3n) is 2.47. The van der Waals surface area contributed by atoms with Gasteiger partial charge in [-0.25, -0.2) is 0 Å². The van der Waals surface area contributed by atoms with Gasteiger partial charge in [-0.3, -0.25) is 9.69 Å². The first-order valence-electron chi connectivity index (χ1n) is 5.79. The highest BCUT2D eigenvalue weighted by Crippen LogP contribution is 2.07. The predicted octanol–water partition coefficient (Wildman–Crippen LogP) is 2.72. The first kappa shape index (κ1) is 13.6. The Balaban J connectivity index is 4.24. The number of carbonyl (C=O) groups excluding carboxylic acids is 1. The molecule has 0 spiro atoms. The third-order valence-corrected chi connectivity index (χ3v) is 2.47. The molecule has 0 aromatic carbocycles. The van der Waals surface area contributed by atoms with E-state index in [9.17, 15) is 4.79 Å². The normalized spacial score (nSPS) is 13.6. The van der Waals surface area contributed by atoms with E-state index in [4.69, 9.17) is 0 Å². The Morgan fingerprint density at radius 2 is 1.79 bits per heavy atom. The van der Waals surface area contributed by atoms with Gasteiger partial charge in [-0.1, -0.05) is 27.7 Å². The lowest BCUT2D eigenvalue weighted by atomic mass is 10.1. The smallest absolute Gasteiger partial charge is 0.149 e. The van der Waals surface area contributed by atoms with E-state index in [1.165, 1.54) is 0 Å². The molecule has 0 saturated heterocycles. The molecule has 0 aliphatic carbocycles. The summed E-state index contributed by atoms with van der Waals surface area (Å²) in [6.45, 7) is 12.6. The molecule has 2 heteroatoms. The van der Waals surface area contributed by atoms with Crippen LogP contribution in [-0.4, -0.2) is 29.8 Å². The lowest BCUT2D eigenvalue weighted by Gasteiger charge is -2.29. The molecule has 0 amide bonds. The molecule has 0 radical (unpaired) electrons. The Hall–Kier alpha value is -0.370. The molecular weight excluding hydrogens is 174 g/mol. The van der Waals surface area contributed by atoms with Gasteiger partial charge in [0.2, 0.25) is 0 Å². The predicted molar refractivity (Wildman–Crippen MR) is 61.5 cm³/mol. The maximum Gasteiger partial charge on any atom is 0.149 e. The van der Waals surface area contributed by atoms with E-state index in [-0.39, 0.29) is 6.04 Å². The number of Topliss-reactive ketones (excluding diaryl/α,β-unsaturated/α-hetero) is 1. The molecule has 0 unspecified atom stereocenters. The molecule has 1 atom stereocenters. The van der Waals surface area contributed by atoms with Crippen molar-refractivity contribution in [3.05, 3.63) is 0 Å². The van der Waals surface area contributed by atoms with E-state index >= 15 is 0 Å². The average molecular weight is 199 g/mol. The maximum absolute atomic E-state index is 11.6. The van der Waals surface area contributed by atoms with E-state index in [2.05, 4.69) is 25.7 Å². The Morgan fingerprint density at radius 1 is 1.21 bits per heavy atom. The second-order valence-corrected chi connectivity index (χ2v) is 4.38. The highest BCUT2D eigenvalue weighted by atomic mass is 16.1. The molecule has 84 valence electrons. The minimum Gasteiger partial charge on any atom is -0.298 e. The summed E-state index contributed by atoms with van der Waals surface area (Å²) in [6, 6.07) is 0.0994. The van der Waals surface area contributed by atoms with Gasteiger partial charge in [0.25, 0.3) is 0 Å². The Kier molecular flexibility index (Phi) is 6.81. The molecule has 0 aliphatic rings. The van der Waals surface area contributed by atoms with Crippen LogP contribution in [0.25, 0.3) is 0 Å². The molecule has 0 heterocycles. The SMILES string of the molecule is CCCN(CC(C)C)[C@H](C)C(=O)CC. The number of hydrogen-bond acceptors (Lipinski definition) is 2. The zero-order valence-electron chi connectivity index (χ0n) is 10.3. The second-order valence-electron chi connectivity index (χ2n) is 4.38. The van der Waals surface area contributed by atoms with Crippen molar-refractivity contribution in [2.45, 2.75) is 53.5 Å². The van der Waals surface area contributed by atoms with Gasteiger partial charge in [-0.15, -0.1) is 0 Å². The van der Waals surface area contributed by atoms with Crippen molar-refractivity contribution in [2.75, 3.05) is 13.1 Å². The van der Waals surface area contributed by atoms with Crippen LogP contribution < -0.4 is 0 Å². The molecule has 0 aliphatic heterocycles. The summed E-state index contributed by atoms with van der Waals surface area (Å²) in [5.41, 5.74) is 0. The van der Waals surface area contributed by atoms with Crippen LogP contribution in [0, 0.1) is 5.92 Å². The summed E-state index contributed by atoms with van der Waals surface area (Å²) < 4.78 is 0. The molecule has 0 aromatic rings. The van der Waals surface area contributed by atoms with Crippen LogP contribution in [0.4, 0.5) is 0 Å². The van der Waals surface area contributed by atoms with Crippen LogP contribution in [-0.2, 0) is 4.79 Å².